The van der Waals surface area contributed by atoms with Crippen LogP contribution < -0.4 is 5.32 Å². The smallest absolute Gasteiger partial charge is 0.342 e. The largest absolute Gasteiger partial charge is 0.417 e. The van der Waals surface area contributed by atoms with Gasteiger partial charge in [0.15, 0.2) is 0 Å². The van der Waals surface area contributed by atoms with Gasteiger partial charge < -0.3 is 10.2 Å². The van der Waals surface area contributed by atoms with Gasteiger partial charge in [-0.25, -0.2) is 0 Å². The molecular weight excluding hydrogens is 345 g/mol. The number of amides is 2. The number of rotatable bonds is 3. The van der Waals surface area contributed by atoms with Crippen LogP contribution in [0.15, 0.2) is 18.2 Å². The standard InChI is InChI=1S/C16H18ClF3N2O2/c1-15(2,14(24)22-7-3-4-8-22)13(23)21-10-5-6-12(17)11(9-10)16(18,19)20/h5-6,9H,3-4,7-8H2,1-2H3,(H,21,23). The Morgan fingerprint density at radius 3 is 2.29 bits per heavy atom. The second kappa shape index (κ2) is 6.63. The van der Waals surface area contributed by atoms with Crippen molar-refractivity contribution < 1.29 is 22.8 Å². The Kier molecular flexibility index (Phi) is 5.13. The third-order valence-corrected chi connectivity index (χ3v) is 4.35. The van der Waals surface area contributed by atoms with Crippen molar-refractivity contribution in [2.45, 2.75) is 32.9 Å². The van der Waals surface area contributed by atoms with E-state index in [4.69, 9.17) is 11.6 Å². The van der Waals surface area contributed by atoms with E-state index in [0.717, 1.165) is 25.0 Å². The SMILES string of the molecule is CC(C)(C(=O)Nc1ccc(Cl)c(C(F)(F)F)c1)C(=O)N1CCCC1. The van der Waals surface area contributed by atoms with Gasteiger partial charge in [0.2, 0.25) is 11.8 Å². The molecule has 0 radical (unpaired) electrons. The van der Waals surface area contributed by atoms with Crippen LogP contribution in [0.4, 0.5) is 18.9 Å². The molecule has 4 nitrogen and oxygen atoms in total. The van der Waals surface area contributed by atoms with Gasteiger partial charge in [0, 0.05) is 18.8 Å². The lowest BCUT2D eigenvalue weighted by atomic mass is 9.90. The first-order chi connectivity index (χ1) is 11.0. The molecule has 1 aliphatic heterocycles. The number of halogens is 4. The summed E-state index contributed by atoms with van der Waals surface area (Å²) >= 11 is 5.55. The lowest BCUT2D eigenvalue weighted by Crippen LogP contribution is -2.46. The Hall–Kier alpha value is -1.76. The van der Waals surface area contributed by atoms with Crippen LogP contribution in [0.1, 0.15) is 32.3 Å². The molecule has 1 N–H and O–H groups in total. The molecule has 1 aliphatic rings. The van der Waals surface area contributed by atoms with Crippen molar-refractivity contribution in [3.8, 4) is 0 Å². The summed E-state index contributed by atoms with van der Waals surface area (Å²) in [5.74, 6) is -0.989. The fourth-order valence-electron chi connectivity index (χ4n) is 2.52. The molecule has 0 aromatic heterocycles. The normalized spacial score (nSPS) is 15.5. The Bertz CT molecular complexity index is 653. The fraction of sp³-hybridized carbons (Fsp3) is 0.500. The maximum atomic E-state index is 12.9. The average molecular weight is 363 g/mol. The van der Waals surface area contributed by atoms with Crippen molar-refractivity contribution in [3.63, 3.8) is 0 Å². The van der Waals surface area contributed by atoms with Crippen LogP contribution in [0.3, 0.4) is 0 Å². The molecule has 1 heterocycles. The predicted molar refractivity (Wildman–Crippen MR) is 84.7 cm³/mol. The Labute approximate surface area is 143 Å². The van der Waals surface area contributed by atoms with Crippen LogP contribution in [-0.2, 0) is 15.8 Å². The van der Waals surface area contributed by atoms with Crippen LogP contribution in [0.25, 0.3) is 0 Å². The zero-order valence-electron chi connectivity index (χ0n) is 13.3. The van der Waals surface area contributed by atoms with Gasteiger partial charge in [-0.2, -0.15) is 13.2 Å². The minimum absolute atomic E-state index is 0.0565. The van der Waals surface area contributed by atoms with Gasteiger partial charge in [-0.05, 0) is 44.9 Å². The van der Waals surface area contributed by atoms with E-state index in [0.29, 0.717) is 13.1 Å². The number of carbonyl (C=O) groups excluding carboxylic acids is 2. The van der Waals surface area contributed by atoms with Crippen molar-refractivity contribution in [1.82, 2.24) is 4.90 Å². The second-order valence-corrected chi connectivity index (χ2v) is 6.68. The number of hydrogen-bond acceptors (Lipinski definition) is 2. The molecule has 2 rings (SSSR count). The molecule has 1 saturated heterocycles. The van der Waals surface area contributed by atoms with Crippen molar-refractivity contribution in [2.24, 2.45) is 5.41 Å². The molecule has 0 atom stereocenters. The highest BCUT2D eigenvalue weighted by molar-refractivity contribution is 6.31. The number of benzene rings is 1. The number of nitrogens with one attached hydrogen (secondary N) is 1. The van der Waals surface area contributed by atoms with Crippen molar-refractivity contribution in [1.29, 1.82) is 0 Å². The summed E-state index contributed by atoms with van der Waals surface area (Å²) < 4.78 is 38.6. The van der Waals surface area contributed by atoms with E-state index < -0.39 is 28.1 Å². The highest BCUT2D eigenvalue weighted by Gasteiger charge is 2.40. The van der Waals surface area contributed by atoms with Gasteiger partial charge in [0.05, 0.1) is 10.6 Å². The highest BCUT2D eigenvalue weighted by atomic mass is 35.5. The molecule has 2 amide bonds. The monoisotopic (exact) mass is 362 g/mol. The summed E-state index contributed by atoms with van der Waals surface area (Å²) in [7, 11) is 0. The molecule has 24 heavy (non-hydrogen) atoms. The molecule has 0 saturated carbocycles. The van der Waals surface area contributed by atoms with Crippen LogP contribution in [0, 0.1) is 5.41 Å². The van der Waals surface area contributed by atoms with Crippen LogP contribution in [-0.4, -0.2) is 29.8 Å². The van der Waals surface area contributed by atoms with Crippen LogP contribution in [0.2, 0.25) is 5.02 Å². The first kappa shape index (κ1) is 18.6. The third kappa shape index (κ3) is 3.83. The van der Waals surface area contributed by atoms with Gasteiger partial charge >= 0.3 is 6.18 Å². The van der Waals surface area contributed by atoms with E-state index in [1.165, 1.54) is 19.9 Å². The molecule has 1 aromatic rings. The summed E-state index contributed by atoms with van der Waals surface area (Å²) in [6.45, 7) is 4.11. The van der Waals surface area contributed by atoms with Crippen molar-refractivity contribution in [2.75, 3.05) is 18.4 Å². The molecule has 1 fully saturated rings. The number of hydrogen-bond donors (Lipinski definition) is 1. The summed E-state index contributed by atoms with van der Waals surface area (Å²) in [5, 5.41) is 1.93. The quantitative estimate of drug-likeness (QED) is 0.828. The van der Waals surface area contributed by atoms with Gasteiger partial charge in [-0.1, -0.05) is 11.6 Å². The summed E-state index contributed by atoms with van der Waals surface area (Å²) in [5.41, 5.74) is -2.47. The molecule has 0 bridgehead atoms. The Morgan fingerprint density at radius 1 is 1.17 bits per heavy atom. The minimum Gasteiger partial charge on any atom is -0.342 e. The van der Waals surface area contributed by atoms with Crippen molar-refractivity contribution in [3.05, 3.63) is 28.8 Å². The first-order valence-electron chi connectivity index (χ1n) is 7.51. The number of anilines is 1. The number of likely N-dealkylation sites (tertiary alicyclic amines) is 1. The van der Waals surface area contributed by atoms with Gasteiger partial charge in [0.25, 0.3) is 0 Å². The summed E-state index contributed by atoms with van der Waals surface area (Å²) in [6, 6.07) is 3.10. The molecule has 0 unspecified atom stereocenters. The molecule has 0 spiro atoms. The maximum Gasteiger partial charge on any atom is 0.417 e. The first-order valence-corrected chi connectivity index (χ1v) is 7.89. The Balaban J connectivity index is 2.18. The van der Waals surface area contributed by atoms with E-state index in [1.807, 2.05) is 0 Å². The summed E-state index contributed by atoms with van der Waals surface area (Å²) in [4.78, 5) is 26.4. The zero-order valence-corrected chi connectivity index (χ0v) is 14.1. The molecule has 8 heteroatoms. The molecule has 0 aliphatic carbocycles. The predicted octanol–water partition coefficient (Wildman–Crippen LogP) is 3.95. The maximum absolute atomic E-state index is 12.9. The summed E-state index contributed by atoms with van der Waals surface area (Å²) in [6.07, 6.45) is -2.86. The van der Waals surface area contributed by atoms with E-state index in [9.17, 15) is 22.8 Å². The minimum atomic E-state index is -4.63. The van der Waals surface area contributed by atoms with Crippen molar-refractivity contribution >= 4 is 29.1 Å². The average Bonchev–Trinajstić information content (AvgIpc) is 3.01. The van der Waals surface area contributed by atoms with E-state index in [1.54, 1.807) is 4.90 Å². The van der Waals surface area contributed by atoms with E-state index in [2.05, 4.69) is 5.32 Å². The number of alkyl halides is 3. The molecular formula is C16H18ClF3N2O2. The van der Waals surface area contributed by atoms with Crippen LogP contribution in [0.5, 0.6) is 0 Å². The van der Waals surface area contributed by atoms with Gasteiger partial charge in [-0.3, -0.25) is 9.59 Å². The van der Waals surface area contributed by atoms with E-state index >= 15 is 0 Å². The van der Waals surface area contributed by atoms with Crippen LogP contribution >= 0.6 is 11.6 Å². The molecule has 132 valence electrons. The third-order valence-electron chi connectivity index (χ3n) is 4.03. The highest BCUT2D eigenvalue weighted by Crippen LogP contribution is 2.36. The topological polar surface area (TPSA) is 49.4 Å². The second-order valence-electron chi connectivity index (χ2n) is 6.27. The Morgan fingerprint density at radius 2 is 1.75 bits per heavy atom. The molecule has 1 aromatic carbocycles. The van der Waals surface area contributed by atoms with E-state index in [-0.39, 0.29) is 11.6 Å². The van der Waals surface area contributed by atoms with Gasteiger partial charge in [0.1, 0.15) is 5.41 Å². The number of carbonyl (C=O) groups is 2. The zero-order chi connectivity index (χ0) is 18.1. The lowest BCUT2D eigenvalue weighted by Gasteiger charge is -2.28. The number of nitrogens with zero attached hydrogens (tertiary/aromatic N) is 1. The fourth-order valence-corrected chi connectivity index (χ4v) is 2.74. The lowest BCUT2D eigenvalue weighted by molar-refractivity contribution is -0.145. The van der Waals surface area contributed by atoms with Gasteiger partial charge in [-0.15, -0.1) is 0 Å².